The smallest absolute Gasteiger partial charge is 0.246 e. The summed E-state index contributed by atoms with van der Waals surface area (Å²) in [5, 5.41) is 3.41. The molecule has 1 N–H and O–H groups in total. The van der Waals surface area contributed by atoms with Crippen molar-refractivity contribution >= 4 is 11.8 Å². The first-order valence-electron chi connectivity index (χ1n) is 7.73. The minimum Gasteiger partial charge on any atom is -0.303 e. The molecular formula is C15H26N2O2. The van der Waals surface area contributed by atoms with E-state index in [1.807, 2.05) is 6.92 Å². The van der Waals surface area contributed by atoms with Crippen LogP contribution in [0.1, 0.15) is 58.8 Å². The van der Waals surface area contributed by atoms with Gasteiger partial charge in [-0.25, -0.2) is 0 Å². The molecule has 1 aliphatic heterocycles. The zero-order chi connectivity index (χ0) is 13.8. The van der Waals surface area contributed by atoms with Gasteiger partial charge >= 0.3 is 0 Å². The molecule has 2 unspecified atom stereocenters. The Morgan fingerprint density at radius 2 is 1.95 bits per heavy atom. The molecule has 2 fully saturated rings. The summed E-state index contributed by atoms with van der Waals surface area (Å²) >= 11 is 0. The van der Waals surface area contributed by atoms with Crippen LogP contribution in [0.25, 0.3) is 0 Å². The van der Waals surface area contributed by atoms with Gasteiger partial charge < -0.3 is 5.32 Å². The Morgan fingerprint density at radius 1 is 1.26 bits per heavy atom. The van der Waals surface area contributed by atoms with Gasteiger partial charge in [0, 0.05) is 12.6 Å². The molecular weight excluding hydrogens is 240 g/mol. The molecule has 0 aromatic carbocycles. The van der Waals surface area contributed by atoms with Crippen molar-refractivity contribution in [3.63, 3.8) is 0 Å². The molecule has 1 aliphatic carbocycles. The lowest BCUT2D eigenvalue weighted by Gasteiger charge is -2.30. The Kier molecular flexibility index (Phi) is 4.97. The molecule has 0 aromatic heterocycles. The van der Waals surface area contributed by atoms with Gasteiger partial charge in [0.2, 0.25) is 11.8 Å². The predicted octanol–water partition coefficient (Wildman–Crippen LogP) is 2.08. The summed E-state index contributed by atoms with van der Waals surface area (Å²) < 4.78 is 0. The summed E-state index contributed by atoms with van der Waals surface area (Å²) in [5.41, 5.74) is 0. The van der Waals surface area contributed by atoms with E-state index in [1.54, 1.807) is 0 Å². The number of hydrogen-bond donors (Lipinski definition) is 1. The fourth-order valence-corrected chi connectivity index (χ4v) is 3.36. The van der Waals surface area contributed by atoms with Crippen LogP contribution in [0.3, 0.4) is 0 Å². The number of carbonyl (C=O) groups is 2. The Morgan fingerprint density at radius 3 is 2.58 bits per heavy atom. The van der Waals surface area contributed by atoms with Gasteiger partial charge in [-0.15, -0.1) is 0 Å². The van der Waals surface area contributed by atoms with Crippen LogP contribution in [-0.4, -0.2) is 35.3 Å². The van der Waals surface area contributed by atoms with E-state index < -0.39 is 0 Å². The predicted molar refractivity (Wildman–Crippen MR) is 74.6 cm³/mol. The van der Waals surface area contributed by atoms with Gasteiger partial charge in [0.15, 0.2) is 0 Å². The van der Waals surface area contributed by atoms with Gasteiger partial charge in [-0.2, -0.15) is 0 Å². The number of amides is 2. The number of rotatable bonds is 5. The van der Waals surface area contributed by atoms with Crippen molar-refractivity contribution in [2.24, 2.45) is 5.92 Å². The molecule has 1 saturated heterocycles. The second-order valence-corrected chi connectivity index (χ2v) is 5.99. The molecule has 108 valence electrons. The number of nitrogens with zero attached hydrogens (tertiary/aromatic N) is 1. The summed E-state index contributed by atoms with van der Waals surface area (Å²) in [6.07, 6.45) is 7.63. The highest BCUT2D eigenvalue weighted by molar-refractivity contribution is 6.05. The van der Waals surface area contributed by atoms with Crippen molar-refractivity contribution < 1.29 is 9.59 Å². The summed E-state index contributed by atoms with van der Waals surface area (Å²) in [6, 6.07) is 0.0552. The second kappa shape index (κ2) is 6.51. The Hall–Kier alpha value is -0.900. The third-order valence-corrected chi connectivity index (χ3v) is 4.51. The van der Waals surface area contributed by atoms with Gasteiger partial charge in [0.1, 0.15) is 0 Å². The molecule has 1 heterocycles. The summed E-state index contributed by atoms with van der Waals surface area (Å²) in [7, 11) is 0. The van der Waals surface area contributed by atoms with Crippen molar-refractivity contribution in [2.45, 2.75) is 70.9 Å². The maximum atomic E-state index is 12.2. The van der Waals surface area contributed by atoms with Crippen LogP contribution >= 0.6 is 0 Å². The average Bonchev–Trinajstić information content (AvgIpc) is 2.68. The first kappa shape index (κ1) is 14.5. The molecule has 2 atom stereocenters. The third-order valence-electron chi connectivity index (χ3n) is 4.51. The molecule has 4 nitrogen and oxygen atoms in total. The minimum absolute atomic E-state index is 0.0137. The van der Waals surface area contributed by atoms with E-state index in [2.05, 4.69) is 12.2 Å². The summed E-state index contributed by atoms with van der Waals surface area (Å²) in [5.74, 6) is 0.631. The summed E-state index contributed by atoms with van der Waals surface area (Å²) in [4.78, 5) is 25.4. The van der Waals surface area contributed by atoms with Crippen LogP contribution in [0.5, 0.6) is 0 Å². The topological polar surface area (TPSA) is 49.4 Å². The third kappa shape index (κ3) is 3.35. The first-order chi connectivity index (χ1) is 9.13. The van der Waals surface area contributed by atoms with Gasteiger partial charge in [-0.1, -0.05) is 26.2 Å². The monoisotopic (exact) mass is 266 g/mol. The Labute approximate surface area is 115 Å². The van der Waals surface area contributed by atoms with Crippen LogP contribution in [-0.2, 0) is 9.59 Å². The molecule has 2 amide bonds. The fraction of sp³-hybridized carbons (Fsp3) is 0.867. The van der Waals surface area contributed by atoms with Crippen LogP contribution in [0.2, 0.25) is 0 Å². The van der Waals surface area contributed by atoms with Gasteiger partial charge in [0.05, 0.1) is 12.5 Å². The Bertz CT molecular complexity index is 337. The normalized spacial score (nSPS) is 27.1. The lowest BCUT2D eigenvalue weighted by atomic mass is 9.84. The second-order valence-electron chi connectivity index (χ2n) is 5.99. The molecule has 0 spiro atoms. The molecule has 0 aromatic rings. The lowest BCUT2D eigenvalue weighted by Crippen LogP contribution is -2.46. The Balaban J connectivity index is 1.88. The van der Waals surface area contributed by atoms with Gasteiger partial charge in [-0.05, 0) is 32.1 Å². The highest BCUT2D eigenvalue weighted by Gasteiger charge is 2.39. The zero-order valence-corrected chi connectivity index (χ0v) is 12.2. The number of nitrogens with one attached hydrogen (secondary N) is 1. The van der Waals surface area contributed by atoms with Crippen molar-refractivity contribution in [3.8, 4) is 0 Å². The maximum Gasteiger partial charge on any atom is 0.246 e. The van der Waals surface area contributed by atoms with E-state index >= 15 is 0 Å². The van der Waals surface area contributed by atoms with E-state index in [1.165, 1.54) is 37.0 Å². The van der Waals surface area contributed by atoms with E-state index in [0.29, 0.717) is 24.9 Å². The number of hydrogen-bond acceptors (Lipinski definition) is 3. The van der Waals surface area contributed by atoms with Crippen molar-refractivity contribution in [1.29, 1.82) is 0 Å². The average molecular weight is 266 g/mol. The van der Waals surface area contributed by atoms with E-state index in [0.717, 1.165) is 6.42 Å². The first-order valence-corrected chi connectivity index (χ1v) is 7.73. The minimum atomic E-state index is -0.282. The standard InChI is InChI=1S/C15H26N2O2/c1-3-9-17-14(18)10-13(15(17)19)16-11(2)12-7-5-4-6-8-12/h11-13,16H,3-10H2,1-2H3. The molecule has 0 bridgehead atoms. The van der Waals surface area contributed by atoms with Gasteiger partial charge in [0.25, 0.3) is 0 Å². The maximum absolute atomic E-state index is 12.2. The number of likely N-dealkylation sites (tertiary alicyclic amines) is 1. The SMILES string of the molecule is CCCN1C(=O)CC(NC(C)C2CCCCC2)C1=O. The van der Waals surface area contributed by atoms with E-state index in [4.69, 9.17) is 0 Å². The zero-order valence-electron chi connectivity index (χ0n) is 12.2. The van der Waals surface area contributed by atoms with E-state index in [9.17, 15) is 9.59 Å². The summed E-state index contributed by atoms with van der Waals surface area (Å²) in [6.45, 7) is 4.72. The molecule has 4 heteroatoms. The van der Waals surface area contributed by atoms with Crippen molar-refractivity contribution in [1.82, 2.24) is 10.2 Å². The largest absolute Gasteiger partial charge is 0.303 e. The number of carbonyl (C=O) groups excluding carboxylic acids is 2. The van der Waals surface area contributed by atoms with E-state index in [-0.39, 0.29) is 17.9 Å². The quantitative estimate of drug-likeness (QED) is 0.775. The molecule has 19 heavy (non-hydrogen) atoms. The molecule has 2 aliphatic rings. The van der Waals surface area contributed by atoms with Crippen LogP contribution < -0.4 is 5.32 Å². The molecule has 2 rings (SSSR count). The van der Waals surface area contributed by atoms with Crippen LogP contribution in [0, 0.1) is 5.92 Å². The molecule has 1 saturated carbocycles. The highest BCUT2D eigenvalue weighted by atomic mass is 16.2. The van der Waals surface area contributed by atoms with Crippen LogP contribution in [0.15, 0.2) is 0 Å². The fourth-order valence-electron chi connectivity index (χ4n) is 3.36. The highest BCUT2D eigenvalue weighted by Crippen LogP contribution is 2.27. The lowest BCUT2D eigenvalue weighted by molar-refractivity contribution is -0.138. The molecule has 0 radical (unpaired) electrons. The van der Waals surface area contributed by atoms with Crippen LogP contribution in [0.4, 0.5) is 0 Å². The van der Waals surface area contributed by atoms with Crippen molar-refractivity contribution in [3.05, 3.63) is 0 Å². The van der Waals surface area contributed by atoms with Gasteiger partial charge in [-0.3, -0.25) is 14.5 Å². The number of imide groups is 1. The van der Waals surface area contributed by atoms with Crippen molar-refractivity contribution in [2.75, 3.05) is 6.54 Å².